The number of unbranched alkanes of at least 4 members (excludes halogenated alkanes) is 1. The van der Waals surface area contributed by atoms with E-state index >= 15 is 0 Å². The quantitative estimate of drug-likeness (QED) is 0.804. The van der Waals surface area contributed by atoms with Crippen LogP contribution in [-0.4, -0.2) is 35.1 Å². The highest BCUT2D eigenvalue weighted by Gasteiger charge is 2.18. The van der Waals surface area contributed by atoms with Crippen molar-refractivity contribution in [3.63, 3.8) is 0 Å². The Balaban J connectivity index is 1.97. The van der Waals surface area contributed by atoms with Crippen LogP contribution in [0.3, 0.4) is 0 Å². The van der Waals surface area contributed by atoms with Gasteiger partial charge in [-0.2, -0.15) is 0 Å². The van der Waals surface area contributed by atoms with Gasteiger partial charge in [0.25, 0.3) is 0 Å². The van der Waals surface area contributed by atoms with Gasteiger partial charge in [0.1, 0.15) is 12.3 Å². The lowest BCUT2D eigenvalue weighted by atomic mass is 10.2. The lowest BCUT2D eigenvalue weighted by molar-refractivity contribution is -0.116. The third kappa shape index (κ3) is 5.95. The fraction of sp³-hybridized carbons (Fsp3) is 0.389. The zero-order valence-corrected chi connectivity index (χ0v) is 14.8. The van der Waals surface area contributed by atoms with Crippen molar-refractivity contribution in [2.24, 2.45) is 0 Å². The summed E-state index contributed by atoms with van der Waals surface area (Å²) in [5.41, 5.74) is 1.81. The largest absolute Gasteiger partial charge is 0.360 e. The number of nitrogens with one attached hydrogen (secondary N) is 2. The number of urea groups is 1. The molecule has 0 saturated heterocycles. The Morgan fingerprint density at radius 1 is 1.16 bits per heavy atom. The summed E-state index contributed by atoms with van der Waals surface area (Å²) < 4.78 is 4.91. The summed E-state index contributed by atoms with van der Waals surface area (Å²) in [5, 5.41) is 9.17. The van der Waals surface area contributed by atoms with Crippen LogP contribution in [0.15, 0.2) is 34.9 Å². The molecule has 1 heterocycles. The first-order valence-electron chi connectivity index (χ1n) is 8.33. The van der Waals surface area contributed by atoms with Gasteiger partial charge in [-0.1, -0.05) is 36.2 Å². The molecule has 0 atom stereocenters. The molecular formula is C18H24N4O3. The maximum absolute atomic E-state index is 12.5. The van der Waals surface area contributed by atoms with Crippen molar-refractivity contribution < 1.29 is 14.1 Å². The van der Waals surface area contributed by atoms with E-state index in [-0.39, 0.29) is 18.5 Å². The van der Waals surface area contributed by atoms with Crippen LogP contribution in [-0.2, 0) is 4.79 Å². The van der Waals surface area contributed by atoms with Crippen LogP contribution < -0.4 is 10.6 Å². The van der Waals surface area contributed by atoms with Crippen molar-refractivity contribution in [3.8, 4) is 0 Å². The zero-order chi connectivity index (χ0) is 18.2. The Hall–Kier alpha value is -2.83. The van der Waals surface area contributed by atoms with Gasteiger partial charge in [-0.3, -0.25) is 4.79 Å². The Morgan fingerprint density at radius 3 is 2.48 bits per heavy atom. The van der Waals surface area contributed by atoms with E-state index in [4.69, 9.17) is 4.52 Å². The predicted octanol–water partition coefficient (Wildman–Crippen LogP) is 3.56. The number of benzene rings is 1. The molecule has 134 valence electrons. The zero-order valence-electron chi connectivity index (χ0n) is 14.8. The molecular weight excluding hydrogens is 320 g/mol. The van der Waals surface area contributed by atoms with Crippen LogP contribution in [0, 0.1) is 13.8 Å². The molecule has 0 bridgehead atoms. The molecule has 2 rings (SSSR count). The number of hydrogen-bond acceptors (Lipinski definition) is 4. The molecule has 0 saturated carbocycles. The van der Waals surface area contributed by atoms with Crippen LogP contribution in [0.1, 0.15) is 31.1 Å². The average Bonchev–Trinajstić information content (AvgIpc) is 2.98. The summed E-state index contributed by atoms with van der Waals surface area (Å²) >= 11 is 0. The molecule has 2 N–H and O–H groups in total. The predicted molar refractivity (Wildman–Crippen MR) is 96.5 cm³/mol. The second-order valence-corrected chi connectivity index (χ2v) is 5.94. The van der Waals surface area contributed by atoms with E-state index in [1.54, 1.807) is 13.0 Å². The summed E-state index contributed by atoms with van der Waals surface area (Å²) in [7, 11) is 0. The molecule has 3 amide bonds. The fourth-order valence-electron chi connectivity index (χ4n) is 2.22. The van der Waals surface area contributed by atoms with Crippen molar-refractivity contribution in [2.75, 3.05) is 23.7 Å². The number of amides is 3. The van der Waals surface area contributed by atoms with E-state index in [1.807, 2.05) is 38.1 Å². The van der Waals surface area contributed by atoms with Crippen molar-refractivity contribution in [2.45, 2.75) is 33.6 Å². The van der Waals surface area contributed by atoms with Crippen LogP contribution in [0.2, 0.25) is 0 Å². The first-order chi connectivity index (χ1) is 12.0. The van der Waals surface area contributed by atoms with Gasteiger partial charge in [0, 0.05) is 18.3 Å². The van der Waals surface area contributed by atoms with Crippen molar-refractivity contribution in [1.82, 2.24) is 10.1 Å². The van der Waals surface area contributed by atoms with E-state index in [0.29, 0.717) is 23.8 Å². The van der Waals surface area contributed by atoms with E-state index in [1.165, 1.54) is 4.90 Å². The van der Waals surface area contributed by atoms with E-state index in [2.05, 4.69) is 15.8 Å². The fourth-order valence-corrected chi connectivity index (χ4v) is 2.22. The van der Waals surface area contributed by atoms with Gasteiger partial charge in [0.2, 0.25) is 5.91 Å². The molecule has 0 unspecified atom stereocenters. The molecule has 0 aliphatic carbocycles. The maximum Gasteiger partial charge on any atom is 0.322 e. The Morgan fingerprint density at radius 2 is 1.88 bits per heavy atom. The van der Waals surface area contributed by atoms with Crippen molar-refractivity contribution >= 4 is 23.4 Å². The smallest absolute Gasteiger partial charge is 0.322 e. The summed E-state index contributed by atoms with van der Waals surface area (Å²) in [6.45, 7) is 6.21. The van der Waals surface area contributed by atoms with Gasteiger partial charge >= 0.3 is 6.03 Å². The van der Waals surface area contributed by atoms with Crippen LogP contribution in [0.4, 0.5) is 16.3 Å². The van der Waals surface area contributed by atoms with Gasteiger partial charge < -0.3 is 20.1 Å². The van der Waals surface area contributed by atoms with Gasteiger partial charge in [-0.15, -0.1) is 0 Å². The molecule has 0 fully saturated rings. The van der Waals surface area contributed by atoms with Crippen LogP contribution in [0.25, 0.3) is 0 Å². The van der Waals surface area contributed by atoms with Crippen molar-refractivity contribution in [1.29, 1.82) is 0 Å². The third-order valence-corrected chi connectivity index (χ3v) is 3.60. The average molecular weight is 344 g/mol. The topological polar surface area (TPSA) is 87.5 Å². The monoisotopic (exact) mass is 344 g/mol. The number of aromatic nitrogens is 1. The first kappa shape index (κ1) is 18.5. The Labute approximate surface area is 147 Å². The lowest BCUT2D eigenvalue weighted by Crippen LogP contribution is -2.41. The molecule has 0 spiro atoms. The normalized spacial score (nSPS) is 10.4. The minimum atomic E-state index is -0.316. The Kier molecular flexibility index (Phi) is 6.56. The molecule has 7 heteroatoms. The number of anilines is 2. The first-order valence-corrected chi connectivity index (χ1v) is 8.33. The standard InChI is InChI=1S/C18H24N4O3/c1-4-5-10-22(12-17(23)20-16-11-14(3)25-21-16)18(24)19-15-8-6-13(2)7-9-15/h6-9,11H,4-5,10,12H2,1-3H3,(H,19,24)(H,20,21,23). The number of hydrogen-bond donors (Lipinski definition) is 2. The molecule has 0 aliphatic rings. The third-order valence-electron chi connectivity index (χ3n) is 3.60. The highest BCUT2D eigenvalue weighted by Crippen LogP contribution is 2.11. The summed E-state index contributed by atoms with van der Waals surface area (Å²) in [5.74, 6) is 0.635. The van der Waals surface area contributed by atoms with Crippen LogP contribution in [0.5, 0.6) is 0 Å². The van der Waals surface area contributed by atoms with Crippen LogP contribution >= 0.6 is 0 Å². The minimum absolute atomic E-state index is 0.0520. The van der Waals surface area contributed by atoms with Gasteiger partial charge in [0.15, 0.2) is 5.82 Å². The molecule has 0 radical (unpaired) electrons. The van der Waals surface area contributed by atoms with E-state index in [0.717, 1.165) is 18.4 Å². The number of carbonyl (C=O) groups excluding carboxylic acids is 2. The number of nitrogens with zero attached hydrogens (tertiary/aromatic N) is 2. The van der Waals surface area contributed by atoms with Gasteiger partial charge in [-0.05, 0) is 32.4 Å². The number of carbonyl (C=O) groups is 2. The highest BCUT2D eigenvalue weighted by molar-refractivity contribution is 5.96. The maximum atomic E-state index is 12.5. The van der Waals surface area contributed by atoms with E-state index < -0.39 is 0 Å². The lowest BCUT2D eigenvalue weighted by Gasteiger charge is -2.22. The Bertz CT molecular complexity index is 709. The molecule has 0 aliphatic heterocycles. The number of aryl methyl sites for hydroxylation is 2. The number of rotatable bonds is 7. The molecule has 7 nitrogen and oxygen atoms in total. The summed E-state index contributed by atoms with van der Waals surface area (Å²) in [6.07, 6.45) is 1.75. The SMILES string of the molecule is CCCCN(CC(=O)Nc1cc(C)on1)C(=O)Nc1ccc(C)cc1. The molecule has 1 aromatic carbocycles. The molecule has 1 aromatic heterocycles. The highest BCUT2D eigenvalue weighted by atomic mass is 16.5. The summed E-state index contributed by atoms with van der Waals surface area (Å²) in [4.78, 5) is 26.2. The second-order valence-electron chi connectivity index (χ2n) is 5.94. The van der Waals surface area contributed by atoms with Crippen molar-refractivity contribution in [3.05, 3.63) is 41.7 Å². The molecule has 25 heavy (non-hydrogen) atoms. The second kappa shape index (κ2) is 8.86. The van der Waals surface area contributed by atoms with Gasteiger partial charge in [-0.25, -0.2) is 4.79 Å². The van der Waals surface area contributed by atoms with E-state index in [9.17, 15) is 9.59 Å². The summed E-state index contributed by atoms with van der Waals surface area (Å²) in [6, 6.07) is 8.84. The van der Waals surface area contributed by atoms with Gasteiger partial charge in [0.05, 0.1) is 0 Å². The molecule has 2 aromatic rings. The minimum Gasteiger partial charge on any atom is -0.360 e.